The van der Waals surface area contributed by atoms with E-state index >= 15 is 0 Å². The van der Waals surface area contributed by atoms with Gasteiger partial charge in [0.1, 0.15) is 0 Å². The van der Waals surface area contributed by atoms with E-state index < -0.39 is 10.0 Å². The third-order valence-electron chi connectivity index (χ3n) is 4.45. The molecule has 3 rings (SSSR count). The van der Waals surface area contributed by atoms with E-state index in [1.807, 2.05) is 24.3 Å². The molecule has 0 saturated carbocycles. The van der Waals surface area contributed by atoms with Gasteiger partial charge in [0.2, 0.25) is 10.0 Å². The second kappa shape index (κ2) is 7.68. The molecule has 2 aromatic carbocycles. The number of benzene rings is 2. The molecule has 0 aliphatic carbocycles. The molecule has 1 fully saturated rings. The molecule has 0 radical (unpaired) electrons. The van der Waals surface area contributed by atoms with Crippen molar-refractivity contribution in [2.24, 2.45) is 0 Å². The fourth-order valence-corrected chi connectivity index (χ4v) is 4.42. The van der Waals surface area contributed by atoms with Gasteiger partial charge in [0.25, 0.3) is 5.91 Å². The van der Waals surface area contributed by atoms with Crippen LogP contribution in [0.4, 0.5) is 0 Å². The third kappa shape index (κ3) is 3.93. The van der Waals surface area contributed by atoms with E-state index in [4.69, 9.17) is 5.26 Å². The Kier molecular flexibility index (Phi) is 5.35. The molecule has 1 N–H and O–H groups in total. The van der Waals surface area contributed by atoms with Crippen LogP contribution in [-0.2, 0) is 10.0 Å². The van der Waals surface area contributed by atoms with Crippen LogP contribution in [-0.4, -0.2) is 37.8 Å². The van der Waals surface area contributed by atoms with Crippen molar-refractivity contribution in [3.63, 3.8) is 0 Å². The van der Waals surface area contributed by atoms with Gasteiger partial charge in [-0.3, -0.25) is 4.79 Å². The molecule has 0 atom stereocenters. The Bertz CT molecular complexity index is 911. The summed E-state index contributed by atoms with van der Waals surface area (Å²) in [6.45, 7) is 0.699. The normalized spacial score (nSPS) is 16.0. The standard InChI is InChI=1S/C19H19N3O3S/c20-14-15-6-8-18(9-7-15)26(24,25)22-12-10-17(11-13-22)21-19(23)16-4-2-1-3-5-16/h1-9,17H,10-13H2,(H,21,23). The van der Waals surface area contributed by atoms with E-state index in [9.17, 15) is 13.2 Å². The van der Waals surface area contributed by atoms with Gasteiger partial charge in [-0.05, 0) is 49.2 Å². The van der Waals surface area contributed by atoms with E-state index in [1.165, 1.54) is 28.6 Å². The minimum atomic E-state index is -3.58. The minimum Gasteiger partial charge on any atom is -0.349 e. The monoisotopic (exact) mass is 369 g/mol. The maximum atomic E-state index is 12.7. The fourth-order valence-electron chi connectivity index (χ4n) is 2.95. The number of rotatable bonds is 4. The number of sulfonamides is 1. The van der Waals surface area contributed by atoms with Crippen molar-refractivity contribution in [3.8, 4) is 6.07 Å². The second-order valence-electron chi connectivity index (χ2n) is 6.15. The lowest BCUT2D eigenvalue weighted by molar-refractivity contribution is 0.0924. The predicted molar refractivity (Wildman–Crippen MR) is 96.8 cm³/mol. The van der Waals surface area contributed by atoms with E-state index in [1.54, 1.807) is 12.1 Å². The highest BCUT2D eigenvalue weighted by Crippen LogP contribution is 2.21. The summed E-state index contributed by atoms with van der Waals surface area (Å²) in [5.74, 6) is -0.140. The summed E-state index contributed by atoms with van der Waals surface area (Å²) in [7, 11) is -3.58. The Morgan fingerprint density at radius 3 is 2.23 bits per heavy atom. The number of nitriles is 1. The van der Waals surface area contributed by atoms with Gasteiger partial charge in [0.05, 0.1) is 16.5 Å². The van der Waals surface area contributed by atoms with Crippen LogP contribution in [0.2, 0.25) is 0 Å². The van der Waals surface area contributed by atoms with Gasteiger partial charge in [-0.1, -0.05) is 18.2 Å². The molecule has 2 aromatic rings. The van der Waals surface area contributed by atoms with Crippen molar-refractivity contribution in [1.82, 2.24) is 9.62 Å². The first-order valence-corrected chi connectivity index (χ1v) is 9.81. The Hall–Kier alpha value is -2.69. The summed E-state index contributed by atoms with van der Waals surface area (Å²) in [6.07, 6.45) is 1.13. The lowest BCUT2D eigenvalue weighted by Crippen LogP contribution is -2.46. The van der Waals surface area contributed by atoms with E-state index in [0.717, 1.165) is 0 Å². The first-order chi connectivity index (χ1) is 12.5. The zero-order chi connectivity index (χ0) is 18.6. The molecule has 1 amide bonds. The summed E-state index contributed by atoms with van der Waals surface area (Å²) >= 11 is 0. The summed E-state index contributed by atoms with van der Waals surface area (Å²) < 4.78 is 26.8. The quantitative estimate of drug-likeness (QED) is 0.894. The summed E-state index contributed by atoms with van der Waals surface area (Å²) in [4.78, 5) is 12.4. The van der Waals surface area contributed by atoms with Crippen molar-refractivity contribution in [2.45, 2.75) is 23.8 Å². The maximum absolute atomic E-state index is 12.7. The smallest absolute Gasteiger partial charge is 0.251 e. The van der Waals surface area contributed by atoms with Crippen molar-refractivity contribution in [2.75, 3.05) is 13.1 Å². The van der Waals surface area contributed by atoms with Crippen molar-refractivity contribution < 1.29 is 13.2 Å². The number of hydrogen-bond acceptors (Lipinski definition) is 4. The van der Waals surface area contributed by atoms with Crippen LogP contribution in [0.15, 0.2) is 59.5 Å². The topological polar surface area (TPSA) is 90.3 Å². The van der Waals surface area contributed by atoms with Crippen LogP contribution in [0.1, 0.15) is 28.8 Å². The molecule has 134 valence electrons. The number of nitrogens with one attached hydrogen (secondary N) is 1. The van der Waals surface area contributed by atoms with Crippen molar-refractivity contribution >= 4 is 15.9 Å². The Labute approximate surface area is 153 Å². The van der Waals surface area contributed by atoms with Crippen LogP contribution >= 0.6 is 0 Å². The number of nitrogens with zero attached hydrogens (tertiary/aromatic N) is 2. The first kappa shape index (κ1) is 18.1. The minimum absolute atomic E-state index is 0.0462. The van der Waals surface area contributed by atoms with Gasteiger partial charge in [-0.25, -0.2) is 8.42 Å². The van der Waals surface area contributed by atoms with Crippen molar-refractivity contribution in [3.05, 3.63) is 65.7 Å². The average molecular weight is 369 g/mol. The Morgan fingerprint density at radius 1 is 1.04 bits per heavy atom. The molecular weight excluding hydrogens is 350 g/mol. The molecule has 1 aliphatic heterocycles. The van der Waals surface area contributed by atoms with Gasteiger partial charge in [0, 0.05) is 24.7 Å². The van der Waals surface area contributed by atoms with Crippen LogP contribution in [0.25, 0.3) is 0 Å². The molecule has 7 heteroatoms. The van der Waals surface area contributed by atoms with Crippen LogP contribution in [0, 0.1) is 11.3 Å². The molecule has 1 heterocycles. The molecule has 0 bridgehead atoms. The number of carbonyl (C=O) groups excluding carboxylic acids is 1. The largest absolute Gasteiger partial charge is 0.349 e. The number of piperidine rings is 1. The molecule has 1 aliphatic rings. The van der Waals surface area contributed by atoms with Gasteiger partial charge in [-0.15, -0.1) is 0 Å². The number of hydrogen-bond donors (Lipinski definition) is 1. The molecule has 1 saturated heterocycles. The van der Waals surface area contributed by atoms with Gasteiger partial charge < -0.3 is 5.32 Å². The molecule has 0 aromatic heterocycles. The lowest BCUT2D eigenvalue weighted by Gasteiger charge is -2.31. The molecule has 0 spiro atoms. The zero-order valence-electron chi connectivity index (χ0n) is 14.1. The molecule has 0 unspecified atom stereocenters. The number of amides is 1. The molecule has 26 heavy (non-hydrogen) atoms. The Morgan fingerprint density at radius 2 is 1.65 bits per heavy atom. The summed E-state index contributed by atoms with van der Waals surface area (Å²) in [5, 5.41) is 11.8. The first-order valence-electron chi connectivity index (χ1n) is 8.37. The summed E-state index contributed by atoms with van der Waals surface area (Å²) in [5.41, 5.74) is 1.02. The number of carbonyl (C=O) groups is 1. The maximum Gasteiger partial charge on any atom is 0.251 e. The van der Waals surface area contributed by atoms with E-state index in [2.05, 4.69) is 5.32 Å². The molecular formula is C19H19N3O3S. The van der Waals surface area contributed by atoms with E-state index in [0.29, 0.717) is 37.1 Å². The van der Waals surface area contributed by atoms with Gasteiger partial charge in [0.15, 0.2) is 0 Å². The SMILES string of the molecule is N#Cc1ccc(S(=O)(=O)N2CCC(NC(=O)c3ccccc3)CC2)cc1. The van der Waals surface area contributed by atoms with E-state index in [-0.39, 0.29) is 16.8 Å². The van der Waals surface area contributed by atoms with Gasteiger partial charge >= 0.3 is 0 Å². The fraction of sp³-hybridized carbons (Fsp3) is 0.263. The van der Waals surface area contributed by atoms with Gasteiger partial charge in [-0.2, -0.15) is 9.57 Å². The molecule has 6 nitrogen and oxygen atoms in total. The van der Waals surface area contributed by atoms with Crippen LogP contribution < -0.4 is 5.32 Å². The lowest BCUT2D eigenvalue weighted by atomic mass is 10.1. The summed E-state index contributed by atoms with van der Waals surface area (Å²) in [6, 6.07) is 16.8. The third-order valence-corrected chi connectivity index (χ3v) is 6.36. The highest BCUT2D eigenvalue weighted by Gasteiger charge is 2.30. The second-order valence-corrected chi connectivity index (χ2v) is 8.09. The average Bonchev–Trinajstić information content (AvgIpc) is 2.69. The highest BCUT2D eigenvalue weighted by molar-refractivity contribution is 7.89. The predicted octanol–water partition coefficient (Wildman–Crippen LogP) is 2.14. The highest BCUT2D eigenvalue weighted by atomic mass is 32.2. The zero-order valence-corrected chi connectivity index (χ0v) is 14.9. The van der Waals surface area contributed by atoms with Crippen molar-refractivity contribution in [1.29, 1.82) is 5.26 Å². The van der Waals surface area contributed by atoms with Crippen LogP contribution in [0.3, 0.4) is 0 Å². The van der Waals surface area contributed by atoms with Crippen LogP contribution in [0.5, 0.6) is 0 Å². The Balaban J connectivity index is 1.60.